The summed E-state index contributed by atoms with van der Waals surface area (Å²) >= 11 is 1.62. The second-order valence-electron chi connectivity index (χ2n) is 5.24. The Morgan fingerprint density at radius 3 is 2.44 bits per heavy atom. The van der Waals surface area contributed by atoms with E-state index in [-0.39, 0.29) is 0 Å². The summed E-state index contributed by atoms with van der Waals surface area (Å²) in [5, 5.41) is 1.95. The van der Waals surface area contributed by atoms with E-state index in [9.17, 15) is 0 Å². The number of rotatable bonds is 1. The van der Waals surface area contributed by atoms with Gasteiger partial charge in [0.25, 0.3) is 0 Å². The van der Waals surface area contributed by atoms with Crippen LogP contribution in [0.2, 0.25) is 0 Å². The van der Waals surface area contributed by atoms with Crippen molar-refractivity contribution in [2.75, 3.05) is 23.7 Å². The van der Waals surface area contributed by atoms with Gasteiger partial charge in [0.15, 0.2) is 5.13 Å². The Balaban J connectivity index is 1.66. The van der Waals surface area contributed by atoms with Crippen LogP contribution in [0.3, 0.4) is 0 Å². The fraction of sp³-hybridized carbons (Fsp3) is 0.750. The number of nitrogens with zero attached hydrogens (tertiary/aromatic N) is 2. The van der Waals surface area contributed by atoms with Gasteiger partial charge in [-0.05, 0) is 31.1 Å². The quantitative estimate of drug-likeness (QED) is 0.816. The van der Waals surface area contributed by atoms with Crippen LogP contribution in [0.4, 0.5) is 10.1 Å². The van der Waals surface area contributed by atoms with Crippen molar-refractivity contribution in [3.05, 3.63) is 6.20 Å². The number of aromatic nitrogens is 1. The molecule has 2 heterocycles. The molecule has 1 aliphatic heterocycles. The number of nitrogen functional groups attached to an aromatic ring is 1. The third-order valence-electron chi connectivity index (χ3n) is 4.27. The maximum atomic E-state index is 5.73. The highest BCUT2D eigenvalue weighted by atomic mass is 32.1. The fourth-order valence-corrected chi connectivity index (χ4v) is 3.95. The molecular formula is C12H19N3S. The van der Waals surface area contributed by atoms with E-state index in [0.29, 0.717) is 5.41 Å². The summed E-state index contributed by atoms with van der Waals surface area (Å²) in [5.74, 6) is 0. The minimum Gasteiger partial charge on any atom is -0.389 e. The molecule has 1 spiro atoms. The topological polar surface area (TPSA) is 42.1 Å². The highest BCUT2D eigenvalue weighted by molar-refractivity contribution is 7.19. The lowest BCUT2D eigenvalue weighted by Gasteiger charge is -2.39. The van der Waals surface area contributed by atoms with Crippen molar-refractivity contribution in [3.8, 4) is 0 Å². The van der Waals surface area contributed by atoms with Crippen molar-refractivity contribution in [2.24, 2.45) is 5.41 Å². The molecule has 4 heteroatoms. The molecule has 0 radical (unpaired) electrons. The molecule has 16 heavy (non-hydrogen) atoms. The summed E-state index contributed by atoms with van der Waals surface area (Å²) in [7, 11) is 0. The fourth-order valence-electron chi connectivity index (χ4n) is 3.22. The van der Waals surface area contributed by atoms with Crippen LogP contribution < -0.4 is 10.6 Å². The number of hydrogen-bond donors (Lipinski definition) is 1. The Morgan fingerprint density at radius 2 is 1.88 bits per heavy atom. The number of hydrogen-bond acceptors (Lipinski definition) is 4. The summed E-state index contributed by atoms with van der Waals surface area (Å²) in [6.07, 6.45) is 10.3. The average Bonchev–Trinajstić information content (AvgIpc) is 2.90. The molecule has 0 aromatic carbocycles. The first-order chi connectivity index (χ1) is 7.77. The highest BCUT2D eigenvalue weighted by Crippen LogP contribution is 2.46. The van der Waals surface area contributed by atoms with Crippen LogP contribution in [0.5, 0.6) is 0 Å². The molecule has 88 valence electrons. The van der Waals surface area contributed by atoms with Crippen LogP contribution >= 0.6 is 11.3 Å². The zero-order valence-corrected chi connectivity index (χ0v) is 10.4. The standard InChI is InChI=1S/C12H19N3S/c13-10-9-14-11(16-10)15-7-5-12(6-8-15)3-1-2-4-12/h9H,1-8,13H2. The van der Waals surface area contributed by atoms with Gasteiger partial charge in [0.05, 0.1) is 6.20 Å². The molecule has 1 saturated carbocycles. The smallest absolute Gasteiger partial charge is 0.187 e. The van der Waals surface area contributed by atoms with Gasteiger partial charge in [-0.15, -0.1) is 0 Å². The molecule has 1 aromatic rings. The van der Waals surface area contributed by atoms with E-state index in [2.05, 4.69) is 9.88 Å². The summed E-state index contributed by atoms with van der Waals surface area (Å²) < 4.78 is 0. The number of piperidine rings is 1. The predicted molar refractivity (Wildman–Crippen MR) is 68.9 cm³/mol. The monoisotopic (exact) mass is 237 g/mol. The maximum absolute atomic E-state index is 5.73. The molecule has 2 aliphatic rings. The van der Waals surface area contributed by atoms with Crippen LogP contribution in [-0.2, 0) is 0 Å². The minimum absolute atomic E-state index is 0.694. The number of nitrogens with two attached hydrogens (primary N) is 1. The Bertz CT molecular complexity index is 358. The van der Waals surface area contributed by atoms with Gasteiger partial charge in [0.1, 0.15) is 5.00 Å². The van der Waals surface area contributed by atoms with E-state index in [1.807, 2.05) is 0 Å². The predicted octanol–water partition coefficient (Wildman–Crippen LogP) is 2.89. The van der Waals surface area contributed by atoms with Crippen molar-refractivity contribution >= 4 is 21.5 Å². The van der Waals surface area contributed by atoms with Crippen molar-refractivity contribution in [1.29, 1.82) is 0 Å². The van der Waals surface area contributed by atoms with E-state index < -0.39 is 0 Å². The van der Waals surface area contributed by atoms with Crippen LogP contribution in [0, 0.1) is 5.41 Å². The van der Waals surface area contributed by atoms with Gasteiger partial charge in [-0.1, -0.05) is 24.2 Å². The zero-order valence-electron chi connectivity index (χ0n) is 9.61. The van der Waals surface area contributed by atoms with Crippen molar-refractivity contribution in [1.82, 2.24) is 4.98 Å². The van der Waals surface area contributed by atoms with Gasteiger partial charge in [-0.2, -0.15) is 0 Å². The highest BCUT2D eigenvalue weighted by Gasteiger charge is 2.37. The van der Waals surface area contributed by atoms with E-state index in [1.165, 1.54) is 51.6 Å². The van der Waals surface area contributed by atoms with Gasteiger partial charge in [0.2, 0.25) is 0 Å². The summed E-state index contributed by atoms with van der Waals surface area (Å²) in [6.45, 7) is 2.35. The molecule has 1 aliphatic carbocycles. The zero-order chi connectivity index (χ0) is 11.0. The minimum atomic E-state index is 0.694. The van der Waals surface area contributed by atoms with Crippen molar-refractivity contribution in [2.45, 2.75) is 38.5 Å². The van der Waals surface area contributed by atoms with Gasteiger partial charge >= 0.3 is 0 Å². The van der Waals surface area contributed by atoms with Gasteiger partial charge in [-0.3, -0.25) is 0 Å². The Morgan fingerprint density at radius 1 is 1.19 bits per heavy atom. The third kappa shape index (κ3) is 1.79. The molecule has 2 fully saturated rings. The first-order valence-corrected chi connectivity index (χ1v) is 7.05. The first-order valence-electron chi connectivity index (χ1n) is 6.24. The molecule has 1 aromatic heterocycles. The number of thiazole rings is 1. The second-order valence-corrected chi connectivity index (χ2v) is 6.28. The van der Waals surface area contributed by atoms with Gasteiger partial charge in [0, 0.05) is 13.1 Å². The van der Waals surface area contributed by atoms with Crippen molar-refractivity contribution < 1.29 is 0 Å². The molecule has 2 N–H and O–H groups in total. The third-order valence-corrected chi connectivity index (χ3v) is 5.16. The lowest BCUT2D eigenvalue weighted by atomic mass is 9.77. The normalized spacial score (nSPS) is 24.1. The Hall–Kier alpha value is -0.770. The van der Waals surface area contributed by atoms with E-state index in [0.717, 1.165) is 10.1 Å². The molecule has 3 rings (SSSR count). The SMILES string of the molecule is Nc1cnc(N2CCC3(CCCC3)CC2)s1. The molecule has 0 unspecified atom stereocenters. The van der Waals surface area contributed by atoms with Crippen molar-refractivity contribution in [3.63, 3.8) is 0 Å². The molecule has 0 amide bonds. The van der Waals surface area contributed by atoms with Crippen LogP contribution in [0.25, 0.3) is 0 Å². The van der Waals surface area contributed by atoms with Gasteiger partial charge in [-0.25, -0.2) is 4.98 Å². The van der Waals surface area contributed by atoms with E-state index >= 15 is 0 Å². The Labute approximate surface area is 101 Å². The molecule has 3 nitrogen and oxygen atoms in total. The number of anilines is 2. The van der Waals surface area contributed by atoms with Crippen LogP contribution in [0.1, 0.15) is 38.5 Å². The summed E-state index contributed by atoms with van der Waals surface area (Å²) in [4.78, 5) is 6.78. The summed E-state index contributed by atoms with van der Waals surface area (Å²) in [6, 6.07) is 0. The first kappa shape index (κ1) is 10.4. The maximum Gasteiger partial charge on any atom is 0.187 e. The Kier molecular flexibility index (Phi) is 2.54. The van der Waals surface area contributed by atoms with E-state index in [4.69, 9.17) is 5.73 Å². The van der Waals surface area contributed by atoms with Crippen LogP contribution in [-0.4, -0.2) is 18.1 Å². The average molecular weight is 237 g/mol. The molecular weight excluding hydrogens is 218 g/mol. The second kappa shape index (κ2) is 3.91. The van der Waals surface area contributed by atoms with Gasteiger partial charge < -0.3 is 10.6 Å². The van der Waals surface area contributed by atoms with Crippen LogP contribution in [0.15, 0.2) is 6.20 Å². The molecule has 0 bridgehead atoms. The lowest BCUT2D eigenvalue weighted by Crippen LogP contribution is -2.38. The molecule has 1 saturated heterocycles. The molecule has 0 atom stereocenters. The largest absolute Gasteiger partial charge is 0.389 e. The lowest BCUT2D eigenvalue weighted by molar-refractivity contribution is 0.226. The summed E-state index contributed by atoms with van der Waals surface area (Å²) in [5.41, 5.74) is 6.42. The van der Waals surface area contributed by atoms with E-state index in [1.54, 1.807) is 17.5 Å².